The number of benzene rings is 7. The van der Waals surface area contributed by atoms with Gasteiger partial charge in [0.15, 0.2) is 0 Å². The molecule has 0 fully saturated rings. The third kappa shape index (κ3) is 4.84. The van der Waals surface area contributed by atoms with Crippen LogP contribution in [0.5, 0.6) is 0 Å². The van der Waals surface area contributed by atoms with Gasteiger partial charge in [-0.3, -0.25) is 0 Å². The zero-order chi connectivity index (χ0) is 31.9. The minimum absolute atomic E-state index is 0.846. The van der Waals surface area contributed by atoms with Crippen LogP contribution in [0.15, 0.2) is 192 Å². The van der Waals surface area contributed by atoms with Crippen LogP contribution in [0.25, 0.3) is 37.5 Å². The van der Waals surface area contributed by atoms with Crippen LogP contribution in [0, 0.1) is 0 Å². The summed E-state index contributed by atoms with van der Waals surface area (Å²) in [7, 11) is -0.846. The Hall–Kier alpha value is -6.02. The smallest absolute Gasteiger partial charge is 0.147 e. The van der Waals surface area contributed by atoms with Gasteiger partial charge in [0.25, 0.3) is 0 Å². The molecule has 0 saturated heterocycles. The van der Waals surface area contributed by atoms with Gasteiger partial charge in [0.1, 0.15) is 11.2 Å². The lowest BCUT2D eigenvalue weighted by molar-refractivity contribution is 0.673. The van der Waals surface area contributed by atoms with Crippen LogP contribution in [0.4, 0.5) is 34.1 Å². The van der Waals surface area contributed by atoms with Crippen LogP contribution >= 0.6 is 7.53 Å². The van der Waals surface area contributed by atoms with E-state index >= 15 is 0 Å². The standard InChI is InChI=1S/C44H31N2OP/c1-6-16-32(17-7-1)45(33-18-8-2-9-19-33)36-26-28-41-39(30-36)44-43(47-41)40-31-37(27-29-42(40)48(44)38-24-14-5-15-25-38)46(34-20-10-3-11-21-34)35-22-12-4-13-23-35/h1-31H. The lowest BCUT2D eigenvalue weighted by Crippen LogP contribution is -2.09. The quantitative estimate of drug-likeness (QED) is 0.174. The van der Waals surface area contributed by atoms with Crippen LogP contribution < -0.4 is 9.80 Å². The first-order valence-corrected chi connectivity index (χ1v) is 17.5. The normalized spacial score (nSPS) is 11.7. The van der Waals surface area contributed by atoms with Gasteiger partial charge in [-0.1, -0.05) is 111 Å². The van der Waals surface area contributed by atoms with Crippen molar-refractivity contribution in [3.8, 4) is 5.30 Å². The molecule has 48 heavy (non-hydrogen) atoms. The van der Waals surface area contributed by atoms with E-state index < -0.39 is 7.53 Å². The van der Waals surface area contributed by atoms with Gasteiger partial charge in [0.2, 0.25) is 0 Å². The highest BCUT2D eigenvalue weighted by atomic mass is 31.1. The van der Waals surface area contributed by atoms with Gasteiger partial charge in [-0.2, -0.15) is 0 Å². The fraction of sp³-hybridized carbons (Fsp3) is 0. The molecule has 0 spiro atoms. The molecule has 9 rings (SSSR count). The second-order valence-corrected chi connectivity index (χ2v) is 14.0. The van der Waals surface area contributed by atoms with Crippen LogP contribution in [0.1, 0.15) is 0 Å². The Kier molecular flexibility index (Phi) is 7.04. The number of hydrogen-bond donors (Lipinski definition) is 0. The SMILES string of the molecule is c1ccc(N(c2ccccc2)c2ccc3c(c2)c2oc4ccc(N(c5ccccc5)c5ccccc5)cc4c2p3-c2ccccc2)cc1. The molecule has 0 aliphatic carbocycles. The molecule has 2 aromatic heterocycles. The van der Waals surface area contributed by atoms with Crippen LogP contribution in [-0.4, -0.2) is 0 Å². The van der Waals surface area contributed by atoms with Gasteiger partial charge >= 0.3 is 0 Å². The Balaban J connectivity index is 1.30. The number of furan rings is 1. The van der Waals surface area contributed by atoms with E-state index in [-0.39, 0.29) is 0 Å². The Morgan fingerprint density at radius 3 is 1.27 bits per heavy atom. The summed E-state index contributed by atoms with van der Waals surface area (Å²) in [6, 6.07) is 66.8. The molecule has 9 aromatic rings. The van der Waals surface area contributed by atoms with Crippen molar-refractivity contribution in [1.29, 1.82) is 0 Å². The average Bonchev–Trinajstić information content (AvgIpc) is 3.68. The van der Waals surface area contributed by atoms with Gasteiger partial charge in [-0.25, -0.2) is 0 Å². The van der Waals surface area contributed by atoms with Crippen LogP contribution in [0.3, 0.4) is 0 Å². The van der Waals surface area contributed by atoms with Crippen LogP contribution in [0.2, 0.25) is 0 Å². The number of rotatable bonds is 7. The summed E-state index contributed by atoms with van der Waals surface area (Å²) in [6.07, 6.45) is 0. The molecule has 3 nitrogen and oxygen atoms in total. The molecule has 1 atom stereocenters. The topological polar surface area (TPSA) is 19.6 Å². The van der Waals surface area contributed by atoms with Gasteiger partial charge in [-0.05, 0) is 90.2 Å². The lowest BCUT2D eigenvalue weighted by atomic mass is 10.1. The first-order chi connectivity index (χ1) is 23.8. The summed E-state index contributed by atoms with van der Waals surface area (Å²) in [4.78, 5) is 4.64. The van der Waals surface area contributed by atoms with Gasteiger partial charge in [0, 0.05) is 50.0 Å². The Bertz CT molecular complexity index is 2320. The van der Waals surface area contributed by atoms with Crippen molar-refractivity contribution < 1.29 is 4.42 Å². The summed E-state index contributed by atoms with van der Waals surface area (Å²) in [5, 5.41) is 6.25. The molecular formula is C44H31N2OP. The molecular weight excluding hydrogens is 603 g/mol. The van der Waals surface area contributed by atoms with E-state index in [4.69, 9.17) is 4.42 Å². The highest BCUT2D eigenvalue weighted by Gasteiger charge is 2.23. The lowest BCUT2D eigenvalue weighted by Gasteiger charge is -2.25. The van der Waals surface area contributed by atoms with Crippen molar-refractivity contribution >= 4 is 73.8 Å². The second kappa shape index (κ2) is 12.0. The molecule has 0 saturated carbocycles. The maximum Gasteiger partial charge on any atom is 0.147 e. The van der Waals surface area contributed by atoms with E-state index in [0.717, 1.165) is 56.1 Å². The molecule has 0 aliphatic rings. The number of para-hydroxylation sites is 4. The van der Waals surface area contributed by atoms with Gasteiger partial charge < -0.3 is 14.2 Å². The first-order valence-electron chi connectivity index (χ1n) is 16.2. The van der Waals surface area contributed by atoms with Crippen molar-refractivity contribution in [1.82, 2.24) is 0 Å². The fourth-order valence-electron chi connectivity index (χ4n) is 6.82. The third-order valence-electron chi connectivity index (χ3n) is 8.92. The summed E-state index contributed by atoms with van der Waals surface area (Å²) in [5.41, 5.74) is 8.54. The van der Waals surface area contributed by atoms with E-state index in [9.17, 15) is 0 Å². The zero-order valence-electron chi connectivity index (χ0n) is 26.1. The van der Waals surface area contributed by atoms with Crippen molar-refractivity contribution in [3.05, 3.63) is 188 Å². The highest BCUT2D eigenvalue weighted by Crippen LogP contribution is 2.59. The van der Waals surface area contributed by atoms with E-state index in [1.54, 1.807) is 0 Å². The van der Waals surface area contributed by atoms with E-state index in [1.165, 1.54) is 15.5 Å². The molecule has 4 heteroatoms. The molecule has 0 bridgehead atoms. The summed E-state index contributed by atoms with van der Waals surface area (Å²) < 4.78 is 6.86. The van der Waals surface area contributed by atoms with Crippen molar-refractivity contribution in [2.45, 2.75) is 0 Å². The van der Waals surface area contributed by atoms with Gasteiger partial charge in [-0.15, -0.1) is 0 Å². The molecule has 0 N–H and O–H groups in total. The summed E-state index contributed by atoms with van der Waals surface area (Å²) in [6.45, 7) is 0. The third-order valence-corrected chi connectivity index (χ3v) is 11.5. The summed E-state index contributed by atoms with van der Waals surface area (Å²) in [5.74, 6) is 0. The Labute approximate surface area is 280 Å². The minimum Gasteiger partial charge on any atom is -0.455 e. The number of nitrogens with zero attached hydrogens (tertiary/aromatic N) is 2. The van der Waals surface area contributed by atoms with Gasteiger partial charge in [0.05, 0.1) is 5.12 Å². The molecule has 0 aliphatic heterocycles. The molecule has 1 unspecified atom stereocenters. The van der Waals surface area contributed by atoms with E-state index in [0.29, 0.717) is 0 Å². The maximum absolute atomic E-state index is 6.86. The Morgan fingerprint density at radius 2 is 0.792 bits per heavy atom. The molecule has 2 heterocycles. The fourth-order valence-corrected chi connectivity index (χ4v) is 9.49. The first kappa shape index (κ1) is 28.2. The van der Waals surface area contributed by atoms with Crippen LogP contribution in [-0.2, 0) is 0 Å². The van der Waals surface area contributed by atoms with E-state index in [2.05, 4.69) is 198 Å². The van der Waals surface area contributed by atoms with Crippen molar-refractivity contribution in [2.75, 3.05) is 9.80 Å². The predicted octanol–water partition coefficient (Wildman–Crippen LogP) is 13.7. The van der Waals surface area contributed by atoms with Crippen molar-refractivity contribution in [2.24, 2.45) is 0 Å². The molecule has 0 amide bonds. The Morgan fingerprint density at radius 1 is 0.375 bits per heavy atom. The summed E-state index contributed by atoms with van der Waals surface area (Å²) >= 11 is 0. The monoisotopic (exact) mass is 634 g/mol. The minimum atomic E-state index is -0.846. The largest absolute Gasteiger partial charge is 0.455 e. The highest BCUT2D eigenvalue weighted by molar-refractivity contribution is 7.68. The molecule has 0 radical (unpaired) electrons. The van der Waals surface area contributed by atoms with E-state index in [1.807, 2.05) is 0 Å². The predicted molar refractivity (Wildman–Crippen MR) is 205 cm³/mol. The van der Waals surface area contributed by atoms with Crippen molar-refractivity contribution in [3.63, 3.8) is 0 Å². The maximum atomic E-state index is 6.86. The second-order valence-electron chi connectivity index (χ2n) is 11.8. The zero-order valence-corrected chi connectivity index (χ0v) is 27.0. The average molecular weight is 635 g/mol. The number of hydrogen-bond acceptors (Lipinski definition) is 3. The number of fused-ring (bicyclic) bond motifs is 5. The molecule has 228 valence electrons. The number of anilines is 6. The molecule has 7 aromatic carbocycles.